The molecule has 0 aliphatic rings. The second kappa shape index (κ2) is 8.50. The van der Waals surface area contributed by atoms with Crippen LogP contribution in [-0.4, -0.2) is 58.4 Å². The zero-order chi connectivity index (χ0) is 15.9. The number of rotatable bonds is 10. The molecule has 0 bridgehead atoms. The second-order valence-corrected chi connectivity index (χ2v) is 6.44. The summed E-state index contributed by atoms with van der Waals surface area (Å²) in [5.74, 6) is 0.503. The molecule has 1 rings (SSSR count). The van der Waals surface area contributed by atoms with E-state index < -0.39 is 10.0 Å². The van der Waals surface area contributed by atoms with Crippen molar-refractivity contribution in [3.63, 3.8) is 0 Å². The Bertz CT molecular complexity index is 525. The first-order valence-corrected chi connectivity index (χ1v) is 8.09. The Kier molecular flexibility index (Phi) is 7.33. The molecule has 0 unspecified atom stereocenters. The van der Waals surface area contributed by atoms with Gasteiger partial charge in [-0.15, -0.1) is 0 Å². The number of hydrogen-bond acceptors (Lipinski definition) is 6. The Labute approximate surface area is 125 Å². The summed E-state index contributed by atoms with van der Waals surface area (Å²) >= 11 is 0. The van der Waals surface area contributed by atoms with Gasteiger partial charge in [-0.2, -0.15) is 4.31 Å². The third-order valence-corrected chi connectivity index (χ3v) is 5.00. The predicted molar refractivity (Wildman–Crippen MR) is 76.5 cm³/mol. The summed E-state index contributed by atoms with van der Waals surface area (Å²) < 4.78 is 41.8. The van der Waals surface area contributed by atoms with Gasteiger partial charge in [0.2, 0.25) is 10.0 Å². The summed E-state index contributed by atoms with van der Waals surface area (Å²) in [7, 11) is -0.589. The van der Waals surface area contributed by atoms with Crippen LogP contribution in [0, 0.1) is 6.92 Å². The fourth-order valence-electron chi connectivity index (χ4n) is 1.93. The molecule has 0 saturated carbocycles. The minimum absolute atomic E-state index is 0.0834. The number of ether oxygens (including phenoxy) is 2. The molecule has 21 heavy (non-hydrogen) atoms. The molecule has 0 saturated heterocycles. The molecule has 1 aromatic rings. The van der Waals surface area contributed by atoms with E-state index >= 15 is 0 Å². The Morgan fingerprint density at radius 2 is 1.90 bits per heavy atom. The average Bonchev–Trinajstić information content (AvgIpc) is 2.84. The van der Waals surface area contributed by atoms with Gasteiger partial charge in [0.05, 0.1) is 6.61 Å². The van der Waals surface area contributed by atoms with E-state index in [4.69, 9.17) is 19.0 Å². The normalized spacial score (nSPS) is 12.2. The number of methoxy groups -OCH3 is 2. The predicted octanol–water partition coefficient (Wildman–Crippen LogP) is 0.754. The second-order valence-electron chi connectivity index (χ2n) is 4.53. The SMILES string of the molecule is COCCCN(CCOC)S(=O)(=O)c1cc(CO)oc1C. The van der Waals surface area contributed by atoms with E-state index in [0.29, 0.717) is 26.2 Å². The molecule has 0 atom stereocenters. The van der Waals surface area contributed by atoms with E-state index in [0.717, 1.165) is 0 Å². The van der Waals surface area contributed by atoms with Crippen LogP contribution in [0.15, 0.2) is 15.4 Å². The fourth-order valence-corrected chi connectivity index (χ4v) is 3.58. The number of nitrogens with zero attached hydrogens (tertiary/aromatic N) is 1. The lowest BCUT2D eigenvalue weighted by atomic mass is 10.4. The maximum Gasteiger partial charge on any atom is 0.246 e. The lowest BCUT2D eigenvalue weighted by molar-refractivity contribution is 0.164. The largest absolute Gasteiger partial charge is 0.462 e. The minimum Gasteiger partial charge on any atom is -0.462 e. The molecule has 0 spiro atoms. The van der Waals surface area contributed by atoms with Gasteiger partial charge in [0.15, 0.2) is 0 Å². The maximum atomic E-state index is 12.7. The molecule has 0 fully saturated rings. The number of furan rings is 1. The van der Waals surface area contributed by atoms with Crippen molar-refractivity contribution in [2.45, 2.75) is 24.8 Å². The monoisotopic (exact) mass is 321 g/mol. The maximum absolute atomic E-state index is 12.7. The van der Waals surface area contributed by atoms with Crippen molar-refractivity contribution in [1.29, 1.82) is 0 Å². The van der Waals surface area contributed by atoms with Crippen molar-refractivity contribution >= 4 is 10.0 Å². The zero-order valence-electron chi connectivity index (χ0n) is 12.7. The fraction of sp³-hybridized carbons (Fsp3) is 0.692. The van der Waals surface area contributed by atoms with Gasteiger partial charge in [-0.3, -0.25) is 0 Å². The molecule has 8 heteroatoms. The Morgan fingerprint density at radius 3 is 2.43 bits per heavy atom. The molecule has 1 aromatic heterocycles. The van der Waals surface area contributed by atoms with Crippen LogP contribution < -0.4 is 0 Å². The summed E-state index contributed by atoms with van der Waals surface area (Å²) in [6.07, 6.45) is 0.587. The minimum atomic E-state index is -3.68. The van der Waals surface area contributed by atoms with E-state index in [1.54, 1.807) is 14.0 Å². The van der Waals surface area contributed by atoms with Gasteiger partial charge in [-0.25, -0.2) is 8.42 Å². The molecule has 0 aliphatic carbocycles. The number of sulfonamides is 1. The number of hydrogen-bond donors (Lipinski definition) is 1. The van der Waals surface area contributed by atoms with E-state index in [-0.39, 0.29) is 29.6 Å². The van der Waals surface area contributed by atoms with Gasteiger partial charge in [0.1, 0.15) is 23.0 Å². The van der Waals surface area contributed by atoms with Crippen molar-refractivity contribution in [1.82, 2.24) is 4.31 Å². The summed E-state index contributed by atoms with van der Waals surface area (Å²) in [6, 6.07) is 1.36. The van der Waals surface area contributed by atoms with Crippen LogP contribution >= 0.6 is 0 Å². The van der Waals surface area contributed by atoms with Crippen molar-refractivity contribution in [3.8, 4) is 0 Å². The standard InChI is InChI=1S/C13H23NO6S/c1-11-13(9-12(10-15)20-11)21(16,17)14(6-8-19-3)5-4-7-18-2/h9,15H,4-8,10H2,1-3H3. The first-order chi connectivity index (χ1) is 9.97. The Hall–Kier alpha value is -0.930. The van der Waals surface area contributed by atoms with Crippen molar-refractivity contribution in [2.75, 3.05) is 40.5 Å². The van der Waals surface area contributed by atoms with Crippen molar-refractivity contribution in [2.24, 2.45) is 0 Å². The molecule has 0 radical (unpaired) electrons. The van der Waals surface area contributed by atoms with Gasteiger partial charge < -0.3 is 19.0 Å². The molecule has 0 aliphatic heterocycles. The molecule has 1 N–H and O–H groups in total. The van der Waals surface area contributed by atoms with Crippen LogP contribution in [-0.2, 0) is 26.1 Å². The number of aliphatic hydroxyl groups is 1. The molecule has 1 heterocycles. The van der Waals surface area contributed by atoms with Crippen LogP contribution in [0.5, 0.6) is 0 Å². The quantitative estimate of drug-likeness (QED) is 0.640. The van der Waals surface area contributed by atoms with Crippen LogP contribution in [0.25, 0.3) is 0 Å². The number of aliphatic hydroxyl groups excluding tert-OH is 1. The highest BCUT2D eigenvalue weighted by Crippen LogP contribution is 2.23. The summed E-state index contributed by atoms with van der Waals surface area (Å²) in [6.45, 7) is 2.59. The molecular weight excluding hydrogens is 298 g/mol. The van der Waals surface area contributed by atoms with Crippen LogP contribution in [0.2, 0.25) is 0 Å². The van der Waals surface area contributed by atoms with E-state index in [1.165, 1.54) is 17.5 Å². The smallest absolute Gasteiger partial charge is 0.246 e. The molecule has 7 nitrogen and oxygen atoms in total. The van der Waals surface area contributed by atoms with Gasteiger partial charge >= 0.3 is 0 Å². The molecule has 0 aromatic carbocycles. The van der Waals surface area contributed by atoms with Gasteiger partial charge in [-0.05, 0) is 13.3 Å². The molecule has 0 amide bonds. The summed E-state index contributed by atoms with van der Waals surface area (Å²) in [4.78, 5) is 0.0834. The highest BCUT2D eigenvalue weighted by atomic mass is 32.2. The first kappa shape index (κ1) is 18.1. The third kappa shape index (κ3) is 4.79. The van der Waals surface area contributed by atoms with Gasteiger partial charge in [-0.1, -0.05) is 0 Å². The van der Waals surface area contributed by atoms with Crippen LogP contribution in [0.4, 0.5) is 0 Å². The Balaban J connectivity index is 2.98. The van der Waals surface area contributed by atoms with Crippen LogP contribution in [0.3, 0.4) is 0 Å². The summed E-state index contributed by atoms with van der Waals surface area (Å²) in [5, 5.41) is 9.06. The topological polar surface area (TPSA) is 89.2 Å². The van der Waals surface area contributed by atoms with Gasteiger partial charge in [0, 0.05) is 40.0 Å². The number of aryl methyl sites for hydroxylation is 1. The average molecular weight is 321 g/mol. The van der Waals surface area contributed by atoms with Crippen molar-refractivity contribution < 1.29 is 27.4 Å². The van der Waals surface area contributed by atoms with Crippen LogP contribution in [0.1, 0.15) is 17.9 Å². The lowest BCUT2D eigenvalue weighted by Crippen LogP contribution is -2.35. The van der Waals surface area contributed by atoms with E-state index in [1.807, 2.05) is 0 Å². The first-order valence-electron chi connectivity index (χ1n) is 6.65. The molecule has 122 valence electrons. The van der Waals surface area contributed by atoms with Crippen molar-refractivity contribution in [3.05, 3.63) is 17.6 Å². The highest BCUT2D eigenvalue weighted by Gasteiger charge is 2.28. The van der Waals surface area contributed by atoms with Gasteiger partial charge in [0.25, 0.3) is 0 Å². The lowest BCUT2D eigenvalue weighted by Gasteiger charge is -2.21. The van der Waals surface area contributed by atoms with E-state index in [2.05, 4.69) is 0 Å². The summed E-state index contributed by atoms with van der Waals surface area (Å²) in [5.41, 5.74) is 0. The highest BCUT2D eigenvalue weighted by molar-refractivity contribution is 7.89. The third-order valence-electron chi connectivity index (χ3n) is 3.00. The molecular formula is C13H23NO6S. The Morgan fingerprint density at radius 1 is 1.24 bits per heavy atom. The zero-order valence-corrected chi connectivity index (χ0v) is 13.5. The van der Waals surface area contributed by atoms with E-state index in [9.17, 15) is 8.42 Å².